The second-order valence-corrected chi connectivity index (χ2v) is 4.09. The molecule has 12 heavy (non-hydrogen) atoms. The zero-order valence-electron chi connectivity index (χ0n) is 7.58. The van der Waals surface area contributed by atoms with Gasteiger partial charge in [-0.2, -0.15) is 0 Å². The molecule has 2 aliphatic rings. The fraction of sp³-hybridized carbons (Fsp3) is 0.900. The number of carbonyl (C=O) groups excluding carboxylic acids is 1. The highest BCUT2D eigenvalue weighted by Gasteiger charge is 2.43. The molecule has 2 atom stereocenters. The Bertz CT molecular complexity index is 182. The molecule has 2 rings (SSSR count). The molecule has 0 amide bonds. The third kappa shape index (κ3) is 1.23. The molecule has 0 aromatic rings. The summed E-state index contributed by atoms with van der Waals surface area (Å²) in [6, 6.07) is 0. The maximum atomic E-state index is 10.9. The molecule has 2 nitrogen and oxygen atoms in total. The molecule has 1 aliphatic heterocycles. The van der Waals surface area contributed by atoms with Crippen LogP contribution in [0.2, 0.25) is 0 Å². The highest BCUT2D eigenvalue weighted by Crippen LogP contribution is 2.36. The van der Waals surface area contributed by atoms with E-state index in [0.717, 1.165) is 0 Å². The highest BCUT2D eigenvalue weighted by molar-refractivity contribution is 5.78. The van der Waals surface area contributed by atoms with Gasteiger partial charge in [0.2, 0.25) is 0 Å². The van der Waals surface area contributed by atoms with E-state index in [2.05, 4.69) is 0 Å². The molecular formula is C10H16O2. The van der Waals surface area contributed by atoms with Crippen molar-refractivity contribution >= 4 is 5.97 Å². The fourth-order valence-electron chi connectivity index (χ4n) is 2.37. The zero-order valence-corrected chi connectivity index (χ0v) is 7.58. The van der Waals surface area contributed by atoms with Gasteiger partial charge in [-0.05, 0) is 25.7 Å². The summed E-state index contributed by atoms with van der Waals surface area (Å²) < 4.78 is 5.15. The van der Waals surface area contributed by atoms with Gasteiger partial charge in [0, 0.05) is 0 Å². The van der Waals surface area contributed by atoms with Gasteiger partial charge in [-0.1, -0.05) is 19.3 Å². The Morgan fingerprint density at radius 1 is 1.25 bits per heavy atom. The van der Waals surface area contributed by atoms with Gasteiger partial charge < -0.3 is 4.74 Å². The molecule has 1 saturated heterocycles. The second-order valence-electron chi connectivity index (χ2n) is 4.09. The Balaban J connectivity index is 1.88. The number of hydrogen-bond donors (Lipinski definition) is 0. The summed E-state index contributed by atoms with van der Waals surface area (Å²) in [7, 11) is 0. The molecular weight excluding hydrogens is 152 g/mol. The number of cyclic esters (lactones) is 1. The number of esters is 1. The van der Waals surface area contributed by atoms with Crippen molar-refractivity contribution in [2.45, 2.75) is 45.1 Å². The molecule has 0 spiro atoms. The minimum absolute atomic E-state index is 0.00516. The van der Waals surface area contributed by atoms with E-state index in [1.807, 2.05) is 6.92 Å². The number of ether oxygens (including phenoxy) is 1. The van der Waals surface area contributed by atoms with Crippen LogP contribution in [0.3, 0.4) is 0 Å². The van der Waals surface area contributed by atoms with Gasteiger partial charge in [0.1, 0.15) is 6.10 Å². The fourth-order valence-corrected chi connectivity index (χ4v) is 2.37. The average molecular weight is 168 g/mol. The molecule has 0 bridgehead atoms. The van der Waals surface area contributed by atoms with E-state index >= 15 is 0 Å². The van der Waals surface area contributed by atoms with Crippen LogP contribution >= 0.6 is 0 Å². The van der Waals surface area contributed by atoms with Gasteiger partial charge in [0.15, 0.2) is 0 Å². The van der Waals surface area contributed by atoms with Crippen molar-refractivity contribution in [2.24, 2.45) is 11.8 Å². The first-order valence-corrected chi connectivity index (χ1v) is 4.99. The predicted molar refractivity (Wildman–Crippen MR) is 45.6 cm³/mol. The summed E-state index contributed by atoms with van der Waals surface area (Å²) in [6.07, 6.45) is 6.81. The van der Waals surface area contributed by atoms with E-state index < -0.39 is 0 Å². The lowest BCUT2D eigenvalue weighted by Crippen LogP contribution is -2.48. The van der Waals surface area contributed by atoms with Crippen LogP contribution in [0.25, 0.3) is 0 Å². The van der Waals surface area contributed by atoms with Crippen LogP contribution in [-0.2, 0) is 9.53 Å². The first kappa shape index (κ1) is 8.09. The molecule has 68 valence electrons. The normalized spacial score (nSPS) is 37.2. The first-order chi connectivity index (χ1) is 5.79. The molecule has 0 unspecified atom stereocenters. The summed E-state index contributed by atoms with van der Waals surface area (Å²) in [4.78, 5) is 10.9. The Morgan fingerprint density at radius 2 is 1.92 bits per heavy atom. The van der Waals surface area contributed by atoms with E-state index in [-0.39, 0.29) is 18.0 Å². The van der Waals surface area contributed by atoms with Gasteiger partial charge >= 0.3 is 5.97 Å². The predicted octanol–water partition coefficient (Wildman–Crippen LogP) is 2.13. The summed E-state index contributed by atoms with van der Waals surface area (Å²) >= 11 is 0. The van der Waals surface area contributed by atoms with Crippen molar-refractivity contribution in [3.05, 3.63) is 0 Å². The molecule has 1 aliphatic carbocycles. The molecule has 0 aromatic carbocycles. The van der Waals surface area contributed by atoms with Crippen molar-refractivity contribution in [1.82, 2.24) is 0 Å². The highest BCUT2D eigenvalue weighted by atomic mass is 16.6. The largest absolute Gasteiger partial charge is 0.461 e. The lowest BCUT2D eigenvalue weighted by molar-refractivity contribution is -0.190. The third-order valence-corrected chi connectivity index (χ3v) is 3.23. The van der Waals surface area contributed by atoms with Crippen molar-refractivity contribution in [1.29, 1.82) is 0 Å². The molecule has 0 aromatic heterocycles. The lowest BCUT2D eigenvalue weighted by atomic mass is 9.78. The molecule has 0 radical (unpaired) electrons. The lowest BCUT2D eigenvalue weighted by Gasteiger charge is -2.40. The standard InChI is InChI=1S/C10H16O2/c1-7-9(12-10(7)11)8-5-3-2-4-6-8/h7-9H,2-6H2,1H3/t7-,9+/m0/s1. The van der Waals surface area contributed by atoms with Crippen LogP contribution in [0, 0.1) is 11.8 Å². The molecule has 1 heterocycles. The average Bonchev–Trinajstić information content (AvgIpc) is 2.15. The van der Waals surface area contributed by atoms with E-state index in [9.17, 15) is 4.79 Å². The summed E-state index contributed by atoms with van der Waals surface area (Å²) in [5, 5.41) is 0. The van der Waals surface area contributed by atoms with Crippen molar-refractivity contribution in [3.8, 4) is 0 Å². The Morgan fingerprint density at radius 3 is 2.42 bits per heavy atom. The van der Waals surface area contributed by atoms with Crippen molar-refractivity contribution in [3.63, 3.8) is 0 Å². The van der Waals surface area contributed by atoms with Gasteiger partial charge in [-0.15, -0.1) is 0 Å². The zero-order chi connectivity index (χ0) is 8.55. The van der Waals surface area contributed by atoms with E-state index in [1.165, 1.54) is 32.1 Å². The Kier molecular flexibility index (Phi) is 2.07. The number of hydrogen-bond acceptors (Lipinski definition) is 2. The minimum atomic E-state index is 0.00516. The maximum Gasteiger partial charge on any atom is 0.312 e. The third-order valence-electron chi connectivity index (χ3n) is 3.23. The maximum absolute atomic E-state index is 10.9. The molecule has 0 N–H and O–H groups in total. The topological polar surface area (TPSA) is 26.3 Å². The van der Waals surface area contributed by atoms with Crippen LogP contribution in [-0.4, -0.2) is 12.1 Å². The molecule has 1 saturated carbocycles. The second kappa shape index (κ2) is 3.08. The molecule has 2 heteroatoms. The Labute approximate surface area is 73.3 Å². The van der Waals surface area contributed by atoms with E-state index in [4.69, 9.17) is 4.74 Å². The van der Waals surface area contributed by atoms with Crippen LogP contribution < -0.4 is 0 Å². The summed E-state index contributed by atoms with van der Waals surface area (Å²) in [6.45, 7) is 1.99. The number of carbonyl (C=O) groups is 1. The van der Waals surface area contributed by atoms with Crippen LogP contribution in [0.4, 0.5) is 0 Å². The van der Waals surface area contributed by atoms with Gasteiger partial charge in [0.05, 0.1) is 5.92 Å². The summed E-state index contributed by atoms with van der Waals surface area (Å²) in [5.74, 6) is 0.852. The molecule has 2 fully saturated rings. The smallest absolute Gasteiger partial charge is 0.312 e. The van der Waals surface area contributed by atoms with Gasteiger partial charge in [-0.25, -0.2) is 0 Å². The minimum Gasteiger partial charge on any atom is -0.461 e. The quantitative estimate of drug-likeness (QED) is 0.561. The van der Waals surface area contributed by atoms with E-state index in [1.54, 1.807) is 0 Å². The van der Waals surface area contributed by atoms with Crippen molar-refractivity contribution in [2.75, 3.05) is 0 Å². The van der Waals surface area contributed by atoms with Crippen LogP contribution in [0.5, 0.6) is 0 Å². The monoisotopic (exact) mass is 168 g/mol. The van der Waals surface area contributed by atoms with E-state index in [0.29, 0.717) is 5.92 Å². The SMILES string of the molecule is C[C@@H]1C(=O)O[C@H]1C1CCCCC1. The Hall–Kier alpha value is -0.530. The van der Waals surface area contributed by atoms with Gasteiger partial charge in [-0.3, -0.25) is 4.79 Å². The van der Waals surface area contributed by atoms with Crippen LogP contribution in [0.1, 0.15) is 39.0 Å². The van der Waals surface area contributed by atoms with Crippen LogP contribution in [0.15, 0.2) is 0 Å². The first-order valence-electron chi connectivity index (χ1n) is 4.99. The van der Waals surface area contributed by atoms with Crippen molar-refractivity contribution < 1.29 is 9.53 Å². The number of rotatable bonds is 1. The summed E-state index contributed by atoms with van der Waals surface area (Å²) in [5.41, 5.74) is 0. The van der Waals surface area contributed by atoms with Gasteiger partial charge in [0.25, 0.3) is 0 Å².